The molecule has 0 radical (unpaired) electrons. The van der Waals surface area contributed by atoms with E-state index in [9.17, 15) is 13.6 Å². The van der Waals surface area contributed by atoms with Gasteiger partial charge in [0.05, 0.1) is 6.07 Å². The Hall–Kier alpha value is -2.19. The zero-order chi connectivity index (χ0) is 17.8. The lowest BCUT2D eigenvalue weighted by Crippen LogP contribution is -2.39. The van der Waals surface area contributed by atoms with Crippen LogP contribution in [0.4, 0.5) is 14.5 Å². The molecule has 1 aliphatic rings. The first-order chi connectivity index (χ1) is 12.0. The van der Waals surface area contributed by atoms with Gasteiger partial charge in [-0.1, -0.05) is 6.42 Å². The minimum Gasteiger partial charge on any atom is -0.474 e. The maximum absolute atomic E-state index is 13.1. The zero-order valence-electron chi connectivity index (χ0n) is 14.2. The second-order valence-corrected chi connectivity index (χ2v) is 6.06. The molecule has 0 aliphatic heterocycles. The van der Waals surface area contributed by atoms with Crippen LogP contribution in [0.5, 0.6) is 5.88 Å². The minimum absolute atomic E-state index is 0. The fraction of sp³-hybridized carbons (Fsp3) is 0.412. The number of nitrogens with zero attached hydrogens (tertiary/aromatic N) is 2. The van der Waals surface area contributed by atoms with E-state index < -0.39 is 17.5 Å². The van der Waals surface area contributed by atoms with Gasteiger partial charge < -0.3 is 19.5 Å². The van der Waals surface area contributed by atoms with Crippen LogP contribution in [0.25, 0.3) is 0 Å². The van der Waals surface area contributed by atoms with Crippen LogP contribution in [-0.2, 0) is 0 Å². The summed E-state index contributed by atoms with van der Waals surface area (Å²) in [5.41, 5.74) is -0.0107. The van der Waals surface area contributed by atoms with E-state index in [-0.39, 0.29) is 29.7 Å². The largest absolute Gasteiger partial charge is 0.474 e. The molecule has 1 aromatic carbocycles. The zero-order valence-corrected chi connectivity index (χ0v) is 15.0. The third kappa shape index (κ3) is 5.15. The van der Waals surface area contributed by atoms with Crippen molar-refractivity contribution in [3.8, 4) is 5.88 Å². The summed E-state index contributed by atoms with van der Waals surface area (Å²) in [5, 5.41) is 6.01. The summed E-state index contributed by atoms with van der Waals surface area (Å²) in [6.45, 7) is 1.18. The first kappa shape index (κ1) is 20.1. The molecule has 0 atom stereocenters. The van der Waals surface area contributed by atoms with Gasteiger partial charge in [-0.15, -0.1) is 12.4 Å². The molecule has 1 N–H and O–H groups in total. The Morgan fingerprint density at radius 3 is 2.62 bits per heavy atom. The van der Waals surface area contributed by atoms with Gasteiger partial charge >= 0.3 is 0 Å². The minimum atomic E-state index is -0.785. The molecule has 1 aliphatic carbocycles. The average Bonchev–Trinajstić information content (AvgIpc) is 2.93. The van der Waals surface area contributed by atoms with Crippen molar-refractivity contribution >= 4 is 24.0 Å². The first-order valence-corrected chi connectivity index (χ1v) is 8.08. The smallest absolute Gasteiger partial charge is 0.294 e. The Balaban J connectivity index is 0.00000243. The Morgan fingerprint density at radius 1 is 1.31 bits per heavy atom. The molecule has 2 aromatic rings. The third-order valence-electron chi connectivity index (χ3n) is 4.22. The van der Waals surface area contributed by atoms with E-state index in [1.165, 1.54) is 25.3 Å². The van der Waals surface area contributed by atoms with Gasteiger partial charge in [0.25, 0.3) is 11.8 Å². The standard InChI is InChI=1S/C17H19F2N3O3.ClH/c1-22(14-3-2-4-14)5-6-24-16-10-15(25-21-16)17(23)20-13-8-11(18)7-12(19)9-13;/h7-10,14H,2-6H2,1H3,(H,20,23);1H. The van der Waals surface area contributed by atoms with Crippen molar-refractivity contribution in [1.29, 1.82) is 0 Å². The Morgan fingerprint density at radius 2 is 2.00 bits per heavy atom. The van der Waals surface area contributed by atoms with Crippen molar-refractivity contribution in [2.45, 2.75) is 25.3 Å². The number of likely N-dealkylation sites (N-methyl/N-ethyl adjacent to an activating group) is 1. The molecule has 0 saturated heterocycles. The van der Waals surface area contributed by atoms with Crippen molar-refractivity contribution in [2.75, 3.05) is 25.5 Å². The van der Waals surface area contributed by atoms with Crippen LogP contribution in [0.15, 0.2) is 28.8 Å². The molecule has 3 rings (SSSR count). The van der Waals surface area contributed by atoms with Gasteiger partial charge in [-0.25, -0.2) is 8.78 Å². The van der Waals surface area contributed by atoms with E-state index in [0.717, 1.165) is 24.7 Å². The number of carbonyl (C=O) groups is 1. The highest BCUT2D eigenvalue weighted by atomic mass is 35.5. The van der Waals surface area contributed by atoms with E-state index >= 15 is 0 Å². The molecule has 142 valence electrons. The van der Waals surface area contributed by atoms with Crippen LogP contribution in [0.1, 0.15) is 29.8 Å². The van der Waals surface area contributed by atoms with Crippen molar-refractivity contribution in [2.24, 2.45) is 0 Å². The highest BCUT2D eigenvalue weighted by molar-refractivity contribution is 6.02. The van der Waals surface area contributed by atoms with Gasteiger partial charge in [0.2, 0.25) is 5.76 Å². The number of ether oxygens (including phenoxy) is 1. The predicted octanol–water partition coefficient (Wildman–Crippen LogP) is 3.49. The number of hydrogen-bond acceptors (Lipinski definition) is 5. The molecule has 26 heavy (non-hydrogen) atoms. The van der Waals surface area contributed by atoms with Crippen molar-refractivity contribution in [3.63, 3.8) is 0 Å². The molecule has 6 nitrogen and oxygen atoms in total. The number of carbonyl (C=O) groups excluding carboxylic acids is 1. The normalized spacial score (nSPS) is 13.8. The van der Waals surface area contributed by atoms with Gasteiger partial charge in [-0.3, -0.25) is 4.79 Å². The number of anilines is 1. The molecule has 1 saturated carbocycles. The van der Waals surface area contributed by atoms with Gasteiger partial charge in [-0.05, 0) is 37.2 Å². The molecular weight excluding hydrogens is 368 g/mol. The van der Waals surface area contributed by atoms with Crippen LogP contribution in [0.3, 0.4) is 0 Å². The van der Waals surface area contributed by atoms with Crippen molar-refractivity contribution < 1.29 is 22.8 Å². The van der Waals surface area contributed by atoms with Crippen LogP contribution >= 0.6 is 12.4 Å². The van der Waals surface area contributed by atoms with Crippen molar-refractivity contribution in [1.82, 2.24) is 10.1 Å². The van der Waals surface area contributed by atoms with Crippen molar-refractivity contribution in [3.05, 3.63) is 41.7 Å². The lowest BCUT2D eigenvalue weighted by molar-refractivity contribution is 0.0987. The number of hydrogen-bond donors (Lipinski definition) is 1. The SMILES string of the molecule is CN(CCOc1cc(C(=O)Nc2cc(F)cc(F)c2)on1)C1CCC1.Cl. The fourth-order valence-corrected chi connectivity index (χ4v) is 2.56. The van der Waals surface area contributed by atoms with Crippen LogP contribution < -0.4 is 10.1 Å². The topological polar surface area (TPSA) is 67.6 Å². The highest BCUT2D eigenvalue weighted by Crippen LogP contribution is 2.23. The van der Waals surface area contributed by atoms with Crippen LogP contribution in [0.2, 0.25) is 0 Å². The molecule has 1 aromatic heterocycles. The molecule has 0 unspecified atom stereocenters. The summed E-state index contributed by atoms with van der Waals surface area (Å²) in [6, 6.07) is 4.69. The number of rotatable bonds is 7. The quantitative estimate of drug-likeness (QED) is 0.787. The van der Waals surface area contributed by atoms with Gasteiger partial charge in [0, 0.05) is 24.3 Å². The molecule has 0 spiro atoms. The summed E-state index contributed by atoms with van der Waals surface area (Å²) in [5.74, 6) is -2.15. The number of amides is 1. The molecule has 1 amide bonds. The Bertz CT molecular complexity index is 732. The van der Waals surface area contributed by atoms with E-state index in [4.69, 9.17) is 9.26 Å². The summed E-state index contributed by atoms with van der Waals surface area (Å²) in [4.78, 5) is 14.2. The highest BCUT2D eigenvalue weighted by Gasteiger charge is 2.21. The summed E-state index contributed by atoms with van der Waals surface area (Å²) in [7, 11) is 2.05. The second kappa shape index (κ2) is 8.95. The molecule has 0 bridgehead atoms. The summed E-state index contributed by atoms with van der Waals surface area (Å²) in [6.07, 6.45) is 3.70. The maximum Gasteiger partial charge on any atom is 0.294 e. The Kier molecular flexibility index (Phi) is 6.93. The van der Waals surface area contributed by atoms with E-state index in [0.29, 0.717) is 12.6 Å². The molecule has 1 fully saturated rings. The monoisotopic (exact) mass is 387 g/mol. The lowest BCUT2D eigenvalue weighted by atomic mass is 9.92. The summed E-state index contributed by atoms with van der Waals surface area (Å²) >= 11 is 0. The van der Waals surface area contributed by atoms with Crippen LogP contribution in [-0.4, -0.2) is 42.2 Å². The predicted molar refractivity (Wildman–Crippen MR) is 93.8 cm³/mol. The molecule has 9 heteroatoms. The number of halogens is 3. The second-order valence-electron chi connectivity index (χ2n) is 6.06. The van der Waals surface area contributed by atoms with Gasteiger partial charge in [0.1, 0.15) is 18.2 Å². The van der Waals surface area contributed by atoms with E-state index in [1.54, 1.807) is 0 Å². The van der Waals surface area contributed by atoms with Gasteiger partial charge in [0.15, 0.2) is 0 Å². The maximum atomic E-state index is 13.1. The van der Waals surface area contributed by atoms with Gasteiger partial charge in [-0.2, -0.15) is 0 Å². The number of nitrogens with one attached hydrogen (secondary N) is 1. The fourth-order valence-electron chi connectivity index (χ4n) is 2.56. The average molecular weight is 388 g/mol. The first-order valence-electron chi connectivity index (χ1n) is 8.08. The van der Waals surface area contributed by atoms with Crippen LogP contribution in [0, 0.1) is 11.6 Å². The van der Waals surface area contributed by atoms with E-state index in [2.05, 4.69) is 15.4 Å². The number of aromatic nitrogens is 1. The molecule has 1 heterocycles. The lowest BCUT2D eigenvalue weighted by Gasteiger charge is -2.34. The summed E-state index contributed by atoms with van der Waals surface area (Å²) < 4.78 is 36.6. The van der Waals surface area contributed by atoms with E-state index in [1.807, 2.05) is 7.05 Å². The molecular formula is C17H20ClF2N3O3. The number of benzene rings is 1. The third-order valence-corrected chi connectivity index (χ3v) is 4.22. The Labute approximate surface area is 155 Å².